The quantitative estimate of drug-likeness (QED) is 0.724. The van der Waals surface area contributed by atoms with Crippen LogP contribution < -0.4 is 10.1 Å². The van der Waals surface area contributed by atoms with E-state index in [4.69, 9.17) is 0 Å². The van der Waals surface area contributed by atoms with Crippen LogP contribution in [0.4, 0.5) is 8.78 Å². The molecule has 1 N–H and O–H groups in total. The fourth-order valence-electron chi connectivity index (χ4n) is 2.26. The highest BCUT2D eigenvalue weighted by molar-refractivity contribution is 7.99. The van der Waals surface area contributed by atoms with Gasteiger partial charge in [-0.15, -0.1) is 11.8 Å². The number of hydrogen-bond donors (Lipinski definition) is 1. The topological polar surface area (TPSA) is 38.3 Å². The third-order valence-electron chi connectivity index (χ3n) is 3.64. The lowest BCUT2D eigenvalue weighted by Crippen LogP contribution is -2.27. The van der Waals surface area contributed by atoms with Gasteiger partial charge in [0.15, 0.2) is 0 Å². The van der Waals surface area contributed by atoms with Crippen LogP contribution in [0.15, 0.2) is 48.5 Å². The fourth-order valence-corrected chi connectivity index (χ4v) is 3.19. The number of alkyl halides is 2. The van der Waals surface area contributed by atoms with Crippen molar-refractivity contribution in [1.82, 2.24) is 5.32 Å². The molecule has 0 aliphatic rings. The summed E-state index contributed by atoms with van der Waals surface area (Å²) in [5.74, 6) is 1.35. The van der Waals surface area contributed by atoms with Crippen molar-refractivity contribution >= 4 is 17.7 Å². The van der Waals surface area contributed by atoms with E-state index in [1.165, 1.54) is 23.3 Å². The maximum atomic E-state index is 12.1. The molecular weight excluding hydrogens is 344 g/mol. The van der Waals surface area contributed by atoms with Gasteiger partial charge >= 0.3 is 6.61 Å². The Labute approximate surface area is 150 Å². The van der Waals surface area contributed by atoms with Gasteiger partial charge in [0.05, 0.1) is 5.75 Å². The van der Waals surface area contributed by atoms with Crippen LogP contribution in [-0.2, 0) is 17.0 Å². The minimum atomic E-state index is -2.82. The highest BCUT2D eigenvalue weighted by Gasteiger charge is 2.05. The zero-order chi connectivity index (χ0) is 18.1. The minimum absolute atomic E-state index is 0.00348. The van der Waals surface area contributed by atoms with Crippen LogP contribution in [0.3, 0.4) is 0 Å². The highest BCUT2D eigenvalue weighted by atomic mass is 32.2. The zero-order valence-electron chi connectivity index (χ0n) is 14.0. The summed E-state index contributed by atoms with van der Waals surface area (Å²) in [5, 5.41) is 2.87. The summed E-state index contributed by atoms with van der Waals surface area (Å²) in [6.07, 6.45) is 0.642. The predicted molar refractivity (Wildman–Crippen MR) is 97.1 cm³/mol. The highest BCUT2D eigenvalue weighted by Crippen LogP contribution is 2.16. The summed E-state index contributed by atoms with van der Waals surface area (Å²) in [6.45, 7) is -0.242. The van der Waals surface area contributed by atoms with Crippen molar-refractivity contribution < 1.29 is 18.3 Å². The monoisotopic (exact) mass is 365 g/mol. The second kappa shape index (κ2) is 10.0. The van der Waals surface area contributed by atoms with Gasteiger partial charge in [-0.25, -0.2) is 0 Å². The number of halogens is 2. The second-order valence-electron chi connectivity index (χ2n) is 5.54. The number of hydrogen-bond acceptors (Lipinski definition) is 3. The van der Waals surface area contributed by atoms with E-state index in [1.54, 1.807) is 23.9 Å². The van der Waals surface area contributed by atoms with Crippen molar-refractivity contribution in [2.45, 2.75) is 25.7 Å². The lowest BCUT2D eigenvalue weighted by molar-refractivity contribution is -0.118. The van der Waals surface area contributed by atoms with E-state index >= 15 is 0 Å². The minimum Gasteiger partial charge on any atom is -0.435 e. The Kier molecular flexibility index (Phi) is 7.73. The summed E-state index contributed by atoms with van der Waals surface area (Å²) < 4.78 is 28.4. The van der Waals surface area contributed by atoms with Gasteiger partial charge in [0.1, 0.15) is 5.75 Å². The number of nitrogens with one attached hydrogen (secondary N) is 1. The molecule has 0 fully saturated rings. The lowest BCUT2D eigenvalue weighted by Gasteiger charge is -2.08. The van der Waals surface area contributed by atoms with Gasteiger partial charge in [0.2, 0.25) is 5.91 Å². The van der Waals surface area contributed by atoms with Crippen molar-refractivity contribution in [2.24, 2.45) is 0 Å². The van der Waals surface area contributed by atoms with Crippen LogP contribution >= 0.6 is 11.8 Å². The van der Waals surface area contributed by atoms with Crippen molar-refractivity contribution in [3.05, 3.63) is 65.2 Å². The normalized spacial score (nSPS) is 10.7. The lowest BCUT2D eigenvalue weighted by atomic mass is 10.1. The Hall–Kier alpha value is -2.08. The summed E-state index contributed by atoms with van der Waals surface area (Å²) in [5.41, 5.74) is 3.43. The van der Waals surface area contributed by atoms with Gasteiger partial charge in [-0.1, -0.05) is 36.4 Å². The molecule has 0 spiro atoms. The molecule has 0 saturated heterocycles. The van der Waals surface area contributed by atoms with E-state index in [0.29, 0.717) is 18.7 Å². The smallest absolute Gasteiger partial charge is 0.387 e. The number of thioether (sulfide) groups is 1. The van der Waals surface area contributed by atoms with Crippen molar-refractivity contribution in [3.63, 3.8) is 0 Å². The third-order valence-corrected chi connectivity index (χ3v) is 4.62. The molecular formula is C19H21F2NO2S. The van der Waals surface area contributed by atoms with E-state index in [2.05, 4.69) is 29.1 Å². The Morgan fingerprint density at radius 1 is 1.16 bits per heavy atom. The molecule has 6 heteroatoms. The maximum absolute atomic E-state index is 12.1. The van der Waals surface area contributed by atoms with Gasteiger partial charge in [0, 0.05) is 12.3 Å². The summed E-state index contributed by atoms with van der Waals surface area (Å²) >= 11 is 1.58. The number of carbonyl (C=O) groups excluding carboxylic acids is 1. The molecule has 2 aromatic rings. The summed E-state index contributed by atoms with van der Waals surface area (Å²) in [4.78, 5) is 11.8. The van der Waals surface area contributed by atoms with E-state index in [9.17, 15) is 13.6 Å². The maximum Gasteiger partial charge on any atom is 0.387 e. The molecule has 134 valence electrons. The average molecular weight is 365 g/mol. The fraction of sp³-hybridized carbons (Fsp3) is 0.316. The van der Waals surface area contributed by atoms with Gasteiger partial charge in [-0.2, -0.15) is 8.78 Å². The number of amides is 1. The summed E-state index contributed by atoms with van der Waals surface area (Å²) in [6, 6.07) is 14.6. The first-order valence-electron chi connectivity index (χ1n) is 7.97. The van der Waals surface area contributed by atoms with Crippen molar-refractivity contribution in [3.8, 4) is 5.75 Å². The third kappa shape index (κ3) is 7.13. The van der Waals surface area contributed by atoms with E-state index in [1.807, 2.05) is 12.1 Å². The molecule has 1 amide bonds. The Morgan fingerprint density at radius 3 is 2.56 bits per heavy atom. The van der Waals surface area contributed by atoms with Crippen molar-refractivity contribution in [1.29, 1.82) is 0 Å². The molecule has 0 bridgehead atoms. The Morgan fingerprint density at radius 2 is 1.88 bits per heavy atom. The first-order valence-corrected chi connectivity index (χ1v) is 9.13. The molecule has 3 nitrogen and oxygen atoms in total. The van der Waals surface area contributed by atoms with Crippen LogP contribution in [0.2, 0.25) is 0 Å². The van der Waals surface area contributed by atoms with Crippen LogP contribution in [0.5, 0.6) is 5.75 Å². The number of ether oxygens (including phenoxy) is 1. The molecule has 25 heavy (non-hydrogen) atoms. The van der Waals surface area contributed by atoms with Crippen LogP contribution in [0.1, 0.15) is 16.7 Å². The predicted octanol–water partition coefficient (Wildman–Crippen LogP) is 4.19. The molecule has 0 unspecified atom stereocenters. The average Bonchev–Trinajstić information content (AvgIpc) is 2.58. The zero-order valence-corrected chi connectivity index (χ0v) is 14.8. The number of rotatable bonds is 9. The molecule has 2 aromatic carbocycles. The molecule has 0 radical (unpaired) electrons. The first kappa shape index (κ1) is 19.2. The van der Waals surface area contributed by atoms with Gasteiger partial charge in [-0.05, 0) is 42.2 Å². The standard InChI is InChI=1S/C19H21F2NO2S/c1-14-4-2-3-5-16(14)12-25-13-18(23)22-11-10-15-6-8-17(9-7-15)24-19(20)21/h2-9,19H,10-13H2,1H3,(H,22,23). The number of benzene rings is 2. The van der Waals surface area contributed by atoms with Crippen LogP contribution in [0.25, 0.3) is 0 Å². The second-order valence-corrected chi connectivity index (χ2v) is 6.53. The molecule has 0 aliphatic carbocycles. The van der Waals surface area contributed by atoms with Gasteiger partial charge in [0.25, 0.3) is 0 Å². The van der Waals surface area contributed by atoms with Gasteiger partial charge < -0.3 is 10.1 Å². The Balaban J connectivity index is 1.64. The number of carbonyl (C=O) groups is 1. The number of aryl methyl sites for hydroxylation is 1. The Bertz CT molecular complexity index is 677. The van der Waals surface area contributed by atoms with Crippen LogP contribution in [0, 0.1) is 6.92 Å². The summed E-state index contributed by atoms with van der Waals surface area (Å²) in [7, 11) is 0. The molecule has 2 rings (SSSR count). The SMILES string of the molecule is Cc1ccccc1CSCC(=O)NCCc1ccc(OC(F)F)cc1. The molecule has 0 saturated carbocycles. The molecule has 0 atom stereocenters. The van der Waals surface area contributed by atoms with Gasteiger partial charge in [-0.3, -0.25) is 4.79 Å². The molecule has 0 heterocycles. The van der Waals surface area contributed by atoms with E-state index in [-0.39, 0.29) is 11.7 Å². The van der Waals surface area contributed by atoms with Crippen LogP contribution in [-0.4, -0.2) is 24.8 Å². The van der Waals surface area contributed by atoms with Crippen molar-refractivity contribution in [2.75, 3.05) is 12.3 Å². The molecule has 0 aromatic heterocycles. The van der Waals surface area contributed by atoms with E-state index in [0.717, 1.165) is 11.3 Å². The van der Waals surface area contributed by atoms with E-state index < -0.39 is 6.61 Å². The largest absolute Gasteiger partial charge is 0.435 e. The first-order chi connectivity index (χ1) is 12.0. The molecule has 0 aliphatic heterocycles.